The van der Waals surface area contributed by atoms with E-state index in [-0.39, 0.29) is 11.3 Å². The summed E-state index contributed by atoms with van der Waals surface area (Å²) in [5.41, 5.74) is -0.256. The van der Waals surface area contributed by atoms with Crippen LogP contribution in [0, 0.1) is 11.7 Å². The van der Waals surface area contributed by atoms with Crippen LogP contribution < -0.4 is 0 Å². The number of hydrogen-bond donors (Lipinski definition) is 1. The molecule has 0 bridgehead atoms. The van der Waals surface area contributed by atoms with Crippen molar-refractivity contribution in [3.05, 3.63) is 29.6 Å². The Labute approximate surface area is 104 Å². The molecule has 1 saturated carbocycles. The third-order valence-corrected chi connectivity index (χ3v) is 4.78. The van der Waals surface area contributed by atoms with Gasteiger partial charge in [0.25, 0.3) is 0 Å². The normalized spacial score (nSPS) is 15.6. The summed E-state index contributed by atoms with van der Waals surface area (Å²) in [4.78, 5) is 10.2. The maximum atomic E-state index is 13.6. The molecule has 98 valence electrons. The average molecular weight is 272 g/mol. The third kappa shape index (κ3) is 2.87. The molecule has 6 heteroatoms. The van der Waals surface area contributed by atoms with Crippen molar-refractivity contribution in [3.63, 3.8) is 0 Å². The first kappa shape index (κ1) is 13.0. The Morgan fingerprint density at radius 1 is 1.39 bits per heavy atom. The zero-order chi connectivity index (χ0) is 13.3. The van der Waals surface area contributed by atoms with Gasteiger partial charge in [0, 0.05) is 0 Å². The summed E-state index contributed by atoms with van der Waals surface area (Å²) in [7, 11) is -3.66. The average Bonchev–Trinajstić information content (AvgIpc) is 3.09. The molecule has 0 saturated heterocycles. The van der Waals surface area contributed by atoms with Crippen LogP contribution in [0.15, 0.2) is 23.1 Å². The minimum Gasteiger partial charge on any atom is -0.478 e. The molecule has 1 N–H and O–H groups in total. The topological polar surface area (TPSA) is 71.4 Å². The lowest BCUT2D eigenvalue weighted by Crippen LogP contribution is -2.10. The van der Waals surface area contributed by atoms with E-state index in [0.717, 1.165) is 31.0 Å². The molecule has 0 atom stereocenters. The van der Waals surface area contributed by atoms with Gasteiger partial charge in [-0.25, -0.2) is 17.6 Å². The van der Waals surface area contributed by atoms with Crippen molar-refractivity contribution in [2.45, 2.75) is 24.2 Å². The van der Waals surface area contributed by atoms with Crippen LogP contribution in [0.5, 0.6) is 0 Å². The Morgan fingerprint density at radius 2 is 2.06 bits per heavy atom. The van der Waals surface area contributed by atoms with Crippen molar-refractivity contribution in [2.24, 2.45) is 5.92 Å². The fourth-order valence-electron chi connectivity index (χ4n) is 1.72. The molecule has 1 fully saturated rings. The van der Waals surface area contributed by atoms with Gasteiger partial charge in [-0.3, -0.25) is 0 Å². The van der Waals surface area contributed by atoms with Crippen molar-refractivity contribution in [1.29, 1.82) is 0 Å². The molecule has 1 aliphatic carbocycles. The zero-order valence-electron chi connectivity index (χ0n) is 9.60. The number of carboxylic acids is 1. The number of carboxylic acid groups (broad SMARTS) is 1. The Balaban J connectivity index is 2.23. The number of carbonyl (C=O) groups is 1. The highest BCUT2D eigenvalue weighted by Crippen LogP contribution is 2.33. The molecule has 0 unspecified atom stereocenters. The zero-order valence-corrected chi connectivity index (χ0v) is 10.4. The second-order valence-electron chi connectivity index (χ2n) is 4.50. The van der Waals surface area contributed by atoms with E-state index in [0.29, 0.717) is 12.3 Å². The van der Waals surface area contributed by atoms with Gasteiger partial charge in [-0.1, -0.05) is 12.8 Å². The molecule has 2 rings (SSSR count). The standard InChI is InChI=1S/C12H13FO4S/c13-10-7-9(12(14)15)3-4-11(10)18(16,17)6-5-8-1-2-8/h3-4,7-8H,1-2,5-6H2,(H,14,15). The van der Waals surface area contributed by atoms with Crippen LogP contribution in [0.4, 0.5) is 4.39 Å². The summed E-state index contributed by atoms with van der Waals surface area (Å²) in [6.45, 7) is 0. The Kier molecular flexibility index (Phi) is 3.38. The molecule has 1 aromatic rings. The van der Waals surface area contributed by atoms with E-state index in [1.54, 1.807) is 0 Å². The summed E-state index contributed by atoms with van der Waals surface area (Å²) in [6.07, 6.45) is 2.62. The molecular formula is C12H13FO4S. The van der Waals surface area contributed by atoms with E-state index in [1.165, 1.54) is 0 Å². The lowest BCUT2D eigenvalue weighted by molar-refractivity contribution is 0.0696. The molecular weight excluding hydrogens is 259 g/mol. The summed E-state index contributed by atoms with van der Waals surface area (Å²) in [5, 5.41) is 8.67. The number of sulfone groups is 1. The monoisotopic (exact) mass is 272 g/mol. The van der Waals surface area contributed by atoms with Crippen LogP contribution in [0.25, 0.3) is 0 Å². The molecule has 0 aromatic heterocycles. The van der Waals surface area contributed by atoms with Crippen molar-refractivity contribution < 1.29 is 22.7 Å². The van der Waals surface area contributed by atoms with E-state index in [2.05, 4.69) is 0 Å². The van der Waals surface area contributed by atoms with E-state index in [9.17, 15) is 17.6 Å². The van der Waals surface area contributed by atoms with Crippen molar-refractivity contribution in [1.82, 2.24) is 0 Å². The minimum absolute atomic E-state index is 0.0823. The van der Waals surface area contributed by atoms with E-state index in [4.69, 9.17) is 5.11 Å². The summed E-state index contributed by atoms with van der Waals surface area (Å²) in [5.74, 6) is -1.91. The molecule has 0 radical (unpaired) electrons. The van der Waals surface area contributed by atoms with Gasteiger partial charge in [-0.15, -0.1) is 0 Å². The van der Waals surface area contributed by atoms with Gasteiger partial charge in [0.05, 0.1) is 11.3 Å². The smallest absolute Gasteiger partial charge is 0.335 e. The largest absolute Gasteiger partial charge is 0.478 e. The van der Waals surface area contributed by atoms with Crippen LogP contribution in [-0.2, 0) is 9.84 Å². The second-order valence-corrected chi connectivity index (χ2v) is 6.58. The van der Waals surface area contributed by atoms with Crippen LogP contribution in [0.2, 0.25) is 0 Å². The van der Waals surface area contributed by atoms with Gasteiger partial charge in [0.2, 0.25) is 0 Å². The van der Waals surface area contributed by atoms with Crippen molar-refractivity contribution in [2.75, 3.05) is 5.75 Å². The molecule has 1 aliphatic rings. The second kappa shape index (κ2) is 4.68. The van der Waals surface area contributed by atoms with Crippen LogP contribution in [0.3, 0.4) is 0 Å². The number of benzene rings is 1. The fourth-order valence-corrected chi connectivity index (χ4v) is 3.22. The Bertz CT molecular complexity index is 576. The lowest BCUT2D eigenvalue weighted by atomic mass is 10.2. The molecule has 18 heavy (non-hydrogen) atoms. The summed E-state index contributed by atoms with van der Waals surface area (Å²) in [6, 6.07) is 2.88. The maximum Gasteiger partial charge on any atom is 0.335 e. The van der Waals surface area contributed by atoms with Gasteiger partial charge >= 0.3 is 5.97 Å². The third-order valence-electron chi connectivity index (χ3n) is 3.01. The quantitative estimate of drug-likeness (QED) is 0.891. The fraction of sp³-hybridized carbons (Fsp3) is 0.417. The van der Waals surface area contributed by atoms with Crippen LogP contribution >= 0.6 is 0 Å². The molecule has 0 spiro atoms. The first-order valence-corrected chi connectivity index (χ1v) is 7.31. The predicted molar refractivity (Wildman–Crippen MR) is 62.8 cm³/mol. The molecule has 1 aromatic carbocycles. The number of rotatable bonds is 5. The number of hydrogen-bond acceptors (Lipinski definition) is 3. The highest BCUT2D eigenvalue weighted by atomic mass is 32.2. The van der Waals surface area contributed by atoms with Crippen LogP contribution in [-0.4, -0.2) is 25.2 Å². The lowest BCUT2D eigenvalue weighted by Gasteiger charge is -2.06. The first-order valence-electron chi connectivity index (χ1n) is 5.66. The molecule has 0 aliphatic heterocycles. The highest BCUT2D eigenvalue weighted by molar-refractivity contribution is 7.91. The number of aromatic carboxylic acids is 1. The van der Waals surface area contributed by atoms with Crippen molar-refractivity contribution >= 4 is 15.8 Å². The Hall–Kier alpha value is -1.43. The van der Waals surface area contributed by atoms with E-state index in [1.807, 2.05) is 0 Å². The highest BCUT2D eigenvalue weighted by Gasteiger charge is 2.26. The van der Waals surface area contributed by atoms with E-state index < -0.39 is 26.5 Å². The molecule has 4 nitrogen and oxygen atoms in total. The van der Waals surface area contributed by atoms with Gasteiger partial charge in [-0.2, -0.15) is 0 Å². The van der Waals surface area contributed by atoms with Gasteiger partial charge in [0.15, 0.2) is 9.84 Å². The maximum absolute atomic E-state index is 13.6. The predicted octanol–water partition coefficient (Wildman–Crippen LogP) is 2.10. The van der Waals surface area contributed by atoms with Crippen LogP contribution in [0.1, 0.15) is 29.6 Å². The van der Waals surface area contributed by atoms with E-state index >= 15 is 0 Å². The Morgan fingerprint density at radius 3 is 2.56 bits per heavy atom. The SMILES string of the molecule is O=C(O)c1ccc(S(=O)(=O)CCC2CC2)c(F)c1. The summed E-state index contributed by atoms with van der Waals surface area (Å²) >= 11 is 0. The van der Waals surface area contributed by atoms with Crippen molar-refractivity contribution in [3.8, 4) is 0 Å². The first-order chi connectivity index (χ1) is 8.40. The molecule has 0 amide bonds. The molecule has 0 heterocycles. The number of halogens is 1. The van der Waals surface area contributed by atoms with Gasteiger partial charge in [-0.05, 0) is 30.5 Å². The van der Waals surface area contributed by atoms with Gasteiger partial charge < -0.3 is 5.11 Å². The van der Waals surface area contributed by atoms with Gasteiger partial charge in [0.1, 0.15) is 10.7 Å². The summed E-state index contributed by atoms with van der Waals surface area (Å²) < 4.78 is 37.4. The minimum atomic E-state index is -3.66.